The van der Waals surface area contributed by atoms with Gasteiger partial charge >= 0.3 is 0 Å². The van der Waals surface area contributed by atoms with Crippen molar-refractivity contribution in [2.75, 3.05) is 18.6 Å². The molecule has 0 aromatic carbocycles. The van der Waals surface area contributed by atoms with E-state index >= 15 is 0 Å². The van der Waals surface area contributed by atoms with Gasteiger partial charge in [0, 0.05) is 18.9 Å². The van der Waals surface area contributed by atoms with Gasteiger partial charge in [-0.1, -0.05) is 13.8 Å². The number of nitrogens with two attached hydrogens (primary N) is 1. The van der Waals surface area contributed by atoms with Crippen LogP contribution in [0.15, 0.2) is 0 Å². The Hall–Kier alpha value is -0.660. The van der Waals surface area contributed by atoms with Crippen LogP contribution in [0.2, 0.25) is 0 Å². The molecule has 0 bridgehead atoms. The quantitative estimate of drug-likeness (QED) is 0.716. The van der Waals surface area contributed by atoms with Crippen molar-refractivity contribution in [3.63, 3.8) is 0 Å². The minimum absolute atomic E-state index is 0.0513. The molecule has 1 rings (SSSR count). The van der Waals surface area contributed by atoms with E-state index in [4.69, 9.17) is 10.5 Å². The summed E-state index contributed by atoms with van der Waals surface area (Å²) in [7, 11) is -3.09. The van der Waals surface area contributed by atoms with E-state index < -0.39 is 15.9 Å². The number of rotatable bonds is 7. The number of carbonyl (C=O) groups is 1. The van der Waals surface area contributed by atoms with Gasteiger partial charge in [0.15, 0.2) is 0 Å². The molecule has 0 aromatic rings. The Kier molecular flexibility index (Phi) is 6.62. The van der Waals surface area contributed by atoms with E-state index in [1.807, 2.05) is 0 Å². The smallest absolute Gasteiger partial charge is 0.237 e. The lowest BCUT2D eigenvalue weighted by Gasteiger charge is -2.40. The Morgan fingerprint density at radius 1 is 1.43 bits per heavy atom. The molecule has 21 heavy (non-hydrogen) atoms. The first-order valence-electron chi connectivity index (χ1n) is 7.59. The number of nitrogens with one attached hydrogen (secondary N) is 1. The largest absolute Gasteiger partial charge is 0.375 e. The fraction of sp³-hybridized carbons (Fsp3) is 0.929. The third kappa shape index (κ3) is 5.92. The van der Waals surface area contributed by atoms with Crippen LogP contribution in [0, 0.1) is 0 Å². The Morgan fingerprint density at radius 2 is 2.05 bits per heavy atom. The normalized spacial score (nSPS) is 23.5. The third-order valence-electron chi connectivity index (χ3n) is 4.26. The highest BCUT2D eigenvalue weighted by atomic mass is 32.2. The van der Waals surface area contributed by atoms with Gasteiger partial charge in [-0.2, -0.15) is 0 Å². The molecule has 0 saturated carbocycles. The van der Waals surface area contributed by atoms with Crippen molar-refractivity contribution in [2.24, 2.45) is 5.73 Å². The van der Waals surface area contributed by atoms with Crippen molar-refractivity contribution in [1.82, 2.24) is 5.32 Å². The fourth-order valence-electron chi connectivity index (χ4n) is 2.67. The molecule has 0 spiro atoms. The highest BCUT2D eigenvalue weighted by Crippen LogP contribution is 2.31. The van der Waals surface area contributed by atoms with Gasteiger partial charge in [-0.05, 0) is 32.1 Å². The molecule has 2 unspecified atom stereocenters. The first-order valence-corrected chi connectivity index (χ1v) is 9.65. The molecule has 1 amide bonds. The van der Waals surface area contributed by atoms with Gasteiger partial charge in [0.1, 0.15) is 9.84 Å². The summed E-state index contributed by atoms with van der Waals surface area (Å²) in [4.78, 5) is 12.0. The van der Waals surface area contributed by atoms with Crippen LogP contribution < -0.4 is 11.1 Å². The Labute approximate surface area is 127 Å². The lowest BCUT2D eigenvalue weighted by Crippen LogP contribution is -2.52. The van der Waals surface area contributed by atoms with E-state index in [2.05, 4.69) is 19.2 Å². The standard InChI is InChI=1S/C14H28N2O4S/c1-4-14(5-2)10-11(6-8-20-14)16-13(17)12(15)7-9-21(3,18)19/h11-12H,4-10,15H2,1-3H3,(H,16,17). The second-order valence-corrected chi connectivity index (χ2v) is 8.22. The van der Waals surface area contributed by atoms with Crippen molar-refractivity contribution >= 4 is 15.7 Å². The lowest BCUT2D eigenvalue weighted by molar-refractivity contribution is -0.127. The molecule has 1 aliphatic rings. The molecule has 0 radical (unpaired) electrons. The molecule has 1 heterocycles. The summed E-state index contributed by atoms with van der Waals surface area (Å²) in [6.45, 7) is 4.81. The second kappa shape index (κ2) is 7.56. The summed E-state index contributed by atoms with van der Waals surface area (Å²) in [5.41, 5.74) is 5.61. The van der Waals surface area contributed by atoms with E-state index in [1.165, 1.54) is 0 Å². The monoisotopic (exact) mass is 320 g/mol. The third-order valence-corrected chi connectivity index (χ3v) is 5.24. The summed E-state index contributed by atoms with van der Waals surface area (Å²) >= 11 is 0. The van der Waals surface area contributed by atoms with E-state index in [0.29, 0.717) is 6.61 Å². The van der Waals surface area contributed by atoms with Gasteiger partial charge in [-0.15, -0.1) is 0 Å². The van der Waals surface area contributed by atoms with Gasteiger partial charge in [0.25, 0.3) is 0 Å². The topological polar surface area (TPSA) is 98.5 Å². The van der Waals surface area contributed by atoms with Crippen LogP contribution in [-0.4, -0.2) is 50.6 Å². The SMILES string of the molecule is CCC1(CC)CC(NC(=O)C(N)CCS(C)(=O)=O)CCO1. The van der Waals surface area contributed by atoms with Crippen LogP contribution in [-0.2, 0) is 19.4 Å². The molecular weight excluding hydrogens is 292 g/mol. The van der Waals surface area contributed by atoms with E-state index in [1.54, 1.807) is 0 Å². The predicted octanol–water partition coefficient (Wildman–Crippen LogP) is 0.602. The van der Waals surface area contributed by atoms with E-state index in [0.717, 1.165) is 31.9 Å². The van der Waals surface area contributed by atoms with Crippen LogP contribution in [0.3, 0.4) is 0 Å². The maximum atomic E-state index is 12.0. The van der Waals surface area contributed by atoms with Crippen LogP contribution in [0.25, 0.3) is 0 Å². The maximum Gasteiger partial charge on any atom is 0.237 e. The summed E-state index contributed by atoms with van der Waals surface area (Å²) in [6, 6.07) is -0.726. The highest BCUT2D eigenvalue weighted by Gasteiger charge is 2.35. The molecule has 2 atom stereocenters. The molecule has 7 heteroatoms. The van der Waals surface area contributed by atoms with Crippen molar-refractivity contribution in [2.45, 2.75) is 63.6 Å². The molecule has 1 fully saturated rings. The van der Waals surface area contributed by atoms with Crippen LogP contribution in [0.5, 0.6) is 0 Å². The van der Waals surface area contributed by atoms with Crippen molar-refractivity contribution in [1.29, 1.82) is 0 Å². The summed E-state index contributed by atoms with van der Waals surface area (Å²) in [5.74, 6) is -0.338. The van der Waals surface area contributed by atoms with Crippen LogP contribution in [0.4, 0.5) is 0 Å². The minimum Gasteiger partial charge on any atom is -0.375 e. The van der Waals surface area contributed by atoms with Crippen molar-refractivity contribution < 1.29 is 17.9 Å². The second-order valence-electron chi connectivity index (χ2n) is 5.96. The number of sulfone groups is 1. The summed E-state index contributed by atoms with van der Waals surface area (Å²) in [5, 5.41) is 2.94. The van der Waals surface area contributed by atoms with Gasteiger partial charge in [0.2, 0.25) is 5.91 Å². The molecule has 1 aliphatic heterocycles. The summed E-state index contributed by atoms with van der Waals surface area (Å²) < 4.78 is 28.1. The molecule has 0 aromatic heterocycles. The fourth-order valence-corrected chi connectivity index (χ4v) is 3.36. The van der Waals surface area contributed by atoms with Gasteiger partial charge in [0.05, 0.1) is 17.4 Å². The zero-order chi connectivity index (χ0) is 16.1. The first-order chi connectivity index (χ1) is 9.71. The van der Waals surface area contributed by atoms with E-state index in [-0.39, 0.29) is 29.7 Å². The minimum atomic E-state index is -3.09. The molecular formula is C14H28N2O4S. The van der Waals surface area contributed by atoms with E-state index in [9.17, 15) is 13.2 Å². The Morgan fingerprint density at radius 3 is 2.57 bits per heavy atom. The number of ether oxygens (including phenoxy) is 1. The number of hydrogen-bond donors (Lipinski definition) is 2. The predicted molar refractivity (Wildman–Crippen MR) is 82.7 cm³/mol. The first kappa shape index (κ1) is 18.4. The summed E-state index contributed by atoms with van der Waals surface area (Å²) in [6.07, 6.45) is 4.68. The Balaban J connectivity index is 2.50. The van der Waals surface area contributed by atoms with Gasteiger partial charge in [-0.25, -0.2) is 8.42 Å². The zero-order valence-electron chi connectivity index (χ0n) is 13.2. The molecule has 1 saturated heterocycles. The lowest BCUT2D eigenvalue weighted by atomic mass is 9.86. The molecule has 6 nitrogen and oxygen atoms in total. The number of amides is 1. The highest BCUT2D eigenvalue weighted by molar-refractivity contribution is 7.90. The van der Waals surface area contributed by atoms with Crippen LogP contribution in [0.1, 0.15) is 46.0 Å². The number of hydrogen-bond acceptors (Lipinski definition) is 5. The molecule has 124 valence electrons. The maximum absolute atomic E-state index is 12.0. The van der Waals surface area contributed by atoms with Gasteiger partial charge < -0.3 is 15.8 Å². The number of carbonyl (C=O) groups excluding carboxylic acids is 1. The van der Waals surface area contributed by atoms with Crippen LogP contribution >= 0.6 is 0 Å². The Bertz CT molecular complexity index is 446. The van der Waals surface area contributed by atoms with Gasteiger partial charge in [-0.3, -0.25) is 4.79 Å². The van der Waals surface area contributed by atoms with Crippen molar-refractivity contribution in [3.8, 4) is 0 Å². The average Bonchev–Trinajstić information content (AvgIpc) is 2.44. The molecule has 0 aliphatic carbocycles. The average molecular weight is 320 g/mol. The zero-order valence-corrected chi connectivity index (χ0v) is 14.0. The molecule has 3 N–H and O–H groups in total. The van der Waals surface area contributed by atoms with Crippen molar-refractivity contribution in [3.05, 3.63) is 0 Å².